The van der Waals surface area contributed by atoms with Crippen LogP contribution in [0.25, 0.3) is 0 Å². The summed E-state index contributed by atoms with van der Waals surface area (Å²) in [7, 11) is 1.79. The average molecular weight is 184 g/mol. The van der Waals surface area contributed by atoms with Crippen molar-refractivity contribution in [1.29, 1.82) is 0 Å². The number of aliphatic imine (C=N–C) groups is 1. The fourth-order valence-corrected chi connectivity index (χ4v) is 1.68. The number of nitrogens with zero attached hydrogens (tertiary/aromatic N) is 1. The van der Waals surface area contributed by atoms with Crippen molar-refractivity contribution >= 4 is 11.7 Å². The summed E-state index contributed by atoms with van der Waals surface area (Å²) in [5.41, 5.74) is 10.0. The highest BCUT2D eigenvalue weighted by Gasteiger charge is 2.56. The van der Waals surface area contributed by atoms with Gasteiger partial charge in [0.2, 0.25) is 0 Å². The summed E-state index contributed by atoms with van der Waals surface area (Å²) in [5.74, 6) is 0.489. The van der Waals surface area contributed by atoms with E-state index in [9.17, 15) is 4.79 Å². The molecule has 1 fully saturated rings. The molecular formula is C8H16N4O. The van der Waals surface area contributed by atoms with Gasteiger partial charge in [-0.05, 0) is 20.4 Å². The highest BCUT2D eigenvalue weighted by Crippen LogP contribution is 2.43. The number of Topliss-reactive ketones (excluding diaryl/α,β-unsaturated/α-hetero) is 1. The van der Waals surface area contributed by atoms with Crippen LogP contribution in [0.1, 0.15) is 13.3 Å². The van der Waals surface area contributed by atoms with Crippen molar-refractivity contribution in [3.63, 3.8) is 0 Å². The maximum atomic E-state index is 11.2. The summed E-state index contributed by atoms with van der Waals surface area (Å²) in [6.07, 6.45) is 0.829. The summed E-state index contributed by atoms with van der Waals surface area (Å²) in [6.45, 7) is 2.12. The first-order valence-corrected chi connectivity index (χ1v) is 4.28. The molecule has 2 unspecified atom stereocenters. The Morgan fingerprint density at radius 1 is 1.69 bits per heavy atom. The Labute approximate surface area is 77.6 Å². The molecule has 13 heavy (non-hydrogen) atoms. The Kier molecular flexibility index (Phi) is 2.56. The van der Waals surface area contributed by atoms with Gasteiger partial charge < -0.3 is 16.8 Å². The fraction of sp³-hybridized carbons (Fsp3) is 0.750. The van der Waals surface area contributed by atoms with E-state index in [1.165, 1.54) is 0 Å². The number of hydrogen-bond donors (Lipinski definition) is 3. The van der Waals surface area contributed by atoms with Crippen LogP contribution in [-0.2, 0) is 4.79 Å². The number of ketones is 1. The first-order chi connectivity index (χ1) is 6.03. The van der Waals surface area contributed by atoms with Crippen LogP contribution in [0.3, 0.4) is 0 Å². The van der Waals surface area contributed by atoms with Gasteiger partial charge in [0.05, 0.1) is 5.54 Å². The molecule has 5 heteroatoms. The van der Waals surface area contributed by atoms with E-state index >= 15 is 0 Å². The third-order valence-corrected chi connectivity index (χ3v) is 2.67. The van der Waals surface area contributed by atoms with E-state index in [0.717, 1.165) is 6.42 Å². The number of hydrogen-bond acceptors (Lipinski definition) is 3. The predicted octanol–water partition coefficient (Wildman–Crippen LogP) is -1.17. The number of carbonyl (C=O) groups excluding carboxylic acids is 1. The SMILES string of the molecule is CNC1(C(C)=O)CC1CN=C(N)N. The van der Waals surface area contributed by atoms with Gasteiger partial charge in [-0.2, -0.15) is 0 Å². The third kappa shape index (κ3) is 1.80. The lowest BCUT2D eigenvalue weighted by molar-refractivity contribution is -0.120. The molecule has 1 aliphatic rings. The summed E-state index contributed by atoms with van der Waals surface area (Å²) in [5, 5.41) is 3.03. The second-order valence-corrected chi connectivity index (χ2v) is 3.44. The van der Waals surface area contributed by atoms with E-state index in [2.05, 4.69) is 10.3 Å². The van der Waals surface area contributed by atoms with E-state index in [1.807, 2.05) is 0 Å². The van der Waals surface area contributed by atoms with Crippen molar-refractivity contribution in [3.05, 3.63) is 0 Å². The number of nitrogens with one attached hydrogen (secondary N) is 1. The minimum atomic E-state index is -0.362. The van der Waals surface area contributed by atoms with Gasteiger partial charge in [0.1, 0.15) is 5.78 Å². The zero-order chi connectivity index (χ0) is 10.1. The fourth-order valence-electron chi connectivity index (χ4n) is 1.68. The molecule has 0 spiro atoms. The molecule has 0 aliphatic heterocycles. The molecule has 5 nitrogen and oxygen atoms in total. The van der Waals surface area contributed by atoms with Crippen LogP contribution in [0.4, 0.5) is 0 Å². The maximum absolute atomic E-state index is 11.2. The molecule has 0 aromatic heterocycles. The lowest BCUT2D eigenvalue weighted by atomic mass is 10.1. The average Bonchev–Trinajstić information content (AvgIpc) is 2.75. The van der Waals surface area contributed by atoms with Gasteiger partial charge in [-0.3, -0.25) is 9.79 Å². The smallest absolute Gasteiger partial charge is 0.185 e. The maximum Gasteiger partial charge on any atom is 0.185 e. The van der Waals surface area contributed by atoms with Crippen LogP contribution in [0.15, 0.2) is 4.99 Å². The first kappa shape index (κ1) is 9.98. The largest absolute Gasteiger partial charge is 0.370 e. The molecule has 5 N–H and O–H groups in total. The van der Waals surface area contributed by atoms with Gasteiger partial charge in [-0.1, -0.05) is 0 Å². The number of nitrogens with two attached hydrogens (primary N) is 2. The highest BCUT2D eigenvalue weighted by molar-refractivity contribution is 5.90. The van der Waals surface area contributed by atoms with Gasteiger partial charge in [0.15, 0.2) is 5.96 Å². The van der Waals surface area contributed by atoms with Crippen molar-refractivity contribution in [1.82, 2.24) is 5.32 Å². The van der Waals surface area contributed by atoms with Gasteiger partial charge in [0, 0.05) is 12.5 Å². The van der Waals surface area contributed by atoms with Crippen LogP contribution in [0, 0.1) is 5.92 Å². The van der Waals surface area contributed by atoms with Crippen LogP contribution >= 0.6 is 0 Å². The number of likely N-dealkylation sites (N-methyl/N-ethyl adjacent to an activating group) is 1. The molecule has 0 aromatic rings. The van der Waals surface area contributed by atoms with E-state index in [1.54, 1.807) is 14.0 Å². The second kappa shape index (κ2) is 3.33. The predicted molar refractivity (Wildman–Crippen MR) is 51.3 cm³/mol. The first-order valence-electron chi connectivity index (χ1n) is 4.28. The molecule has 0 heterocycles. The van der Waals surface area contributed by atoms with Gasteiger partial charge >= 0.3 is 0 Å². The Hall–Kier alpha value is -1.10. The van der Waals surface area contributed by atoms with E-state index in [0.29, 0.717) is 6.54 Å². The second-order valence-electron chi connectivity index (χ2n) is 3.44. The topological polar surface area (TPSA) is 93.5 Å². The molecule has 1 saturated carbocycles. The highest BCUT2D eigenvalue weighted by atomic mass is 16.1. The van der Waals surface area contributed by atoms with Crippen molar-refractivity contribution in [3.8, 4) is 0 Å². The molecule has 1 rings (SSSR count). The molecule has 0 radical (unpaired) electrons. The zero-order valence-corrected chi connectivity index (χ0v) is 8.00. The molecule has 0 amide bonds. The molecule has 1 aliphatic carbocycles. The summed E-state index contributed by atoms with van der Waals surface area (Å²) in [4.78, 5) is 15.1. The standard InChI is InChI=1S/C8H16N4O/c1-5(13)8(11-2)3-6(8)4-12-7(9)10/h6,11H,3-4H2,1-2H3,(H4,9,10,12). The molecule has 74 valence electrons. The number of guanidine groups is 1. The van der Waals surface area contributed by atoms with Crippen molar-refractivity contribution < 1.29 is 4.79 Å². The third-order valence-electron chi connectivity index (χ3n) is 2.67. The summed E-state index contributed by atoms with van der Waals surface area (Å²) < 4.78 is 0. The molecule has 2 atom stereocenters. The van der Waals surface area contributed by atoms with Crippen molar-refractivity contribution in [2.24, 2.45) is 22.4 Å². The van der Waals surface area contributed by atoms with Crippen LogP contribution < -0.4 is 16.8 Å². The minimum Gasteiger partial charge on any atom is -0.370 e. The minimum absolute atomic E-state index is 0.0838. The van der Waals surface area contributed by atoms with Crippen molar-refractivity contribution in [2.75, 3.05) is 13.6 Å². The lowest BCUT2D eigenvalue weighted by Crippen LogP contribution is -2.38. The van der Waals surface area contributed by atoms with Crippen LogP contribution in [0.5, 0.6) is 0 Å². The quantitative estimate of drug-likeness (QED) is 0.379. The number of carbonyl (C=O) groups is 1. The Morgan fingerprint density at radius 2 is 2.31 bits per heavy atom. The van der Waals surface area contributed by atoms with E-state index in [-0.39, 0.29) is 23.2 Å². The van der Waals surface area contributed by atoms with Gasteiger partial charge in [-0.25, -0.2) is 0 Å². The summed E-state index contributed by atoms with van der Waals surface area (Å²) in [6, 6.07) is 0. The number of rotatable bonds is 4. The molecule has 0 aromatic carbocycles. The van der Waals surface area contributed by atoms with E-state index < -0.39 is 0 Å². The van der Waals surface area contributed by atoms with Gasteiger partial charge in [-0.15, -0.1) is 0 Å². The Morgan fingerprint density at radius 3 is 2.62 bits per heavy atom. The molecular weight excluding hydrogens is 168 g/mol. The van der Waals surface area contributed by atoms with Crippen LogP contribution in [-0.4, -0.2) is 30.9 Å². The Balaban J connectivity index is 2.51. The van der Waals surface area contributed by atoms with Crippen LogP contribution in [0.2, 0.25) is 0 Å². The van der Waals surface area contributed by atoms with E-state index in [4.69, 9.17) is 11.5 Å². The van der Waals surface area contributed by atoms with Crippen molar-refractivity contribution in [2.45, 2.75) is 18.9 Å². The molecule has 0 bridgehead atoms. The monoisotopic (exact) mass is 184 g/mol. The normalized spacial score (nSPS) is 31.1. The lowest BCUT2D eigenvalue weighted by Gasteiger charge is -2.11. The Bertz CT molecular complexity index is 247. The molecule has 0 saturated heterocycles. The zero-order valence-electron chi connectivity index (χ0n) is 8.00. The van der Waals surface area contributed by atoms with Gasteiger partial charge in [0.25, 0.3) is 0 Å². The summed E-state index contributed by atoms with van der Waals surface area (Å²) >= 11 is 0.